The Balaban J connectivity index is 1.53. The maximum atomic E-state index is 12.8. The topological polar surface area (TPSA) is 141 Å². The van der Waals surface area contributed by atoms with Crippen LogP contribution in [0.3, 0.4) is 0 Å². The fraction of sp³-hybridized carbons (Fsp3) is 0.143. The Bertz CT molecular complexity index is 1440. The van der Waals surface area contributed by atoms with E-state index in [1.54, 1.807) is 18.5 Å². The standard InChI is InChI=1S/C21H19ClN6O5S/c1-13-3-19(32-11-18-9-23-12-33-18)20(24-7-13)28-10-14(8-25-28)21(29)26-16-4-15(22)5-17(6-16)27-34(2,30)31/h3-10,12,27H,11H2,1-2H3,(H,26,29). The van der Waals surface area contributed by atoms with Crippen LogP contribution in [-0.4, -0.2) is 40.3 Å². The van der Waals surface area contributed by atoms with E-state index in [1.807, 2.05) is 6.92 Å². The third-order valence-corrected chi connectivity index (χ3v) is 5.17. The summed E-state index contributed by atoms with van der Waals surface area (Å²) in [5.74, 6) is 0.888. The molecule has 34 heavy (non-hydrogen) atoms. The largest absolute Gasteiger partial charge is 0.482 e. The Morgan fingerprint density at radius 1 is 1.18 bits per heavy atom. The number of rotatable bonds is 8. The summed E-state index contributed by atoms with van der Waals surface area (Å²) in [4.78, 5) is 21.0. The Morgan fingerprint density at radius 2 is 1.97 bits per heavy atom. The number of aryl methyl sites for hydroxylation is 1. The Labute approximate surface area is 199 Å². The number of amides is 1. The third kappa shape index (κ3) is 5.91. The summed E-state index contributed by atoms with van der Waals surface area (Å²) in [5.41, 5.74) is 1.64. The van der Waals surface area contributed by atoms with Gasteiger partial charge in [0.1, 0.15) is 6.61 Å². The molecule has 0 aliphatic carbocycles. The van der Waals surface area contributed by atoms with Crippen LogP contribution in [0.2, 0.25) is 5.02 Å². The lowest BCUT2D eigenvalue weighted by Crippen LogP contribution is -2.13. The highest BCUT2D eigenvalue weighted by Crippen LogP contribution is 2.25. The van der Waals surface area contributed by atoms with Crippen molar-refractivity contribution in [1.29, 1.82) is 0 Å². The summed E-state index contributed by atoms with van der Waals surface area (Å²) < 4.78 is 37.7. The maximum Gasteiger partial charge on any atom is 0.258 e. The molecule has 1 aromatic carbocycles. The van der Waals surface area contributed by atoms with Crippen molar-refractivity contribution in [3.8, 4) is 11.6 Å². The molecule has 176 valence electrons. The molecule has 0 aliphatic rings. The fourth-order valence-electron chi connectivity index (χ4n) is 2.97. The molecule has 0 atom stereocenters. The van der Waals surface area contributed by atoms with E-state index >= 15 is 0 Å². The second-order valence-electron chi connectivity index (χ2n) is 7.32. The smallest absolute Gasteiger partial charge is 0.258 e. The van der Waals surface area contributed by atoms with Gasteiger partial charge >= 0.3 is 0 Å². The van der Waals surface area contributed by atoms with Crippen LogP contribution in [0.15, 0.2) is 59.9 Å². The van der Waals surface area contributed by atoms with Crippen molar-refractivity contribution in [3.63, 3.8) is 0 Å². The molecule has 0 saturated heterocycles. The normalized spacial score (nSPS) is 11.3. The van der Waals surface area contributed by atoms with Crippen LogP contribution in [0.4, 0.5) is 11.4 Å². The number of carbonyl (C=O) groups excluding carboxylic acids is 1. The van der Waals surface area contributed by atoms with Gasteiger partial charge in [-0.05, 0) is 36.8 Å². The van der Waals surface area contributed by atoms with Gasteiger partial charge in [-0.2, -0.15) is 5.10 Å². The van der Waals surface area contributed by atoms with Crippen LogP contribution in [-0.2, 0) is 16.6 Å². The number of nitrogens with zero attached hydrogens (tertiary/aromatic N) is 4. The van der Waals surface area contributed by atoms with Crippen LogP contribution in [0.1, 0.15) is 21.7 Å². The second kappa shape index (κ2) is 9.53. The van der Waals surface area contributed by atoms with Crippen LogP contribution in [0.25, 0.3) is 5.82 Å². The SMILES string of the molecule is Cc1cnc(-n2cc(C(=O)Nc3cc(Cl)cc(NS(C)(=O)=O)c3)cn2)c(OCc2cnco2)c1. The van der Waals surface area contributed by atoms with E-state index in [2.05, 4.69) is 25.1 Å². The van der Waals surface area contributed by atoms with E-state index in [1.165, 1.54) is 41.7 Å². The maximum absolute atomic E-state index is 12.8. The Kier molecular flexibility index (Phi) is 6.52. The summed E-state index contributed by atoms with van der Waals surface area (Å²) in [6.45, 7) is 2.02. The zero-order valence-electron chi connectivity index (χ0n) is 18.0. The lowest BCUT2D eigenvalue weighted by Gasteiger charge is -2.10. The highest BCUT2D eigenvalue weighted by Gasteiger charge is 2.15. The van der Waals surface area contributed by atoms with Gasteiger partial charge in [-0.3, -0.25) is 9.52 Å². The molecule has 0 radical (unpaired) electrons. The average Bonchev–Trinajstić information content (AvgIpc) is 3.43. The van der Waals surface area contributed by atoms with Gasteiger partial charge in [-0.1, -0.05) is 11.6 Å². The number of oxazole rings is 1. The number of pyridine rings is 1. The molecule has 0 unspecified atom stereocenters. The molecule has 0 saturated carbocycles. The Hall–Kier alpha value is -3.90. The quantitative estimate of drug-likeness (QED) is 0.373. The first-order valence-corrected chi connectivity index (χ1v) is 12.0. The van der Waals surface area contributed by atoms with Crippen LogP contribution >= 0.6 is 11.6 Å². The van der Waals surface area contributed by atoms with Crippen molar-refractivity contribution in [2.75, 3.05) is 16.3 Å². The summed E-state index contributed by atoms with van der Waals surface area (Å²) in [5, 5.41) is 7.15. The van der Waals surface area contributed by atoms with Crippen molar-refractivity contribution < 1.29 is 22.4 Å². The van der Waals surface area contributed by atoms with Crippen molar-refractivity contribution in [2.24, 2.45) is 0 Å². The summed E-state index contributed by atoms with van der Waals surface area (Å²) in [6.07, 6.45) is 8.40. The van der Waals surface area contributed by atoms with E-state index in [0.717, 1.165) is 11.8 Å². The van der Waals surface area contributed by atoms with Crippen molar-refractivity contribution in [1.82, 2.24) is 19.7 Å². The minimum atomic E-state index is -3.51. The second-order valence-corrected chi connectivity index (χ2v) is 9.51. The van der Waals surface area contributed by atoms with E-state index in [-0.39, 0.29) is 22.9 Å². The Morgan fingerprint density at radius 3 is 2.71 bits per heavy atom. The third-order valence-electron chi connectivity index (χ3n) is 4.34. The first-order valence-electron chi connectivity index (χ1n) is 9.78. The average molecular weight is 503 g/mol. The molecule has 1 amide bonds. The van der Waals surface area contributed by atoms with Crippen LogP contribution < -0.4 is 14.8 Å². The number of anilines is 2. The molecule has 0 aliphatic heterocycles. The fourth-order valence-corrected chi connectivity index (χ4v) is 3.75. The first kappa shape index (κ1) is 23.3. The molecule has 0 bridgehead atoms. The zero-order valence-corrected chi connectivity index (χ0v) is 19.6. The highest BCUT2D eigenvalue weighted by molar-refractivity contribution is 7.92. The summed E-state index contributed by atoms with van der Waals surface area (Å²) in [6, 6.07) is 6.17. The molecule has 3 heterocycles. The van der Waals surface area contributed by atoms with Gasteiger partial charge in [0.25, 0.3) is 5.91 Å². The molecular weight excluding hydrogens is 484 g/mol. The van der Waals surface area contributed by atoms with Gasteiger partial charge in [0.05, 0.1) is 29.9 Å². The molecular formula is C21H19ClN6O5S. The number of ether oxygens (including phenoxy) is 1. The molecule has 4 aromatic rings. The monoisotopic (exact) mass is 502 g/mol. The minimum Gasteiger partial charge on any atom is -0.482 e. The number of benzene rings is 1. The van der Waals surface area contributed by atoms with Crippen LogP contribution in [0, 0.1) is 6.92 Å². The molecule has 2 N–H and O–H groups in total. The number of sulfonamides is 1. The number of aromatic nitrogens is 4. The number of halogens is 1. The van der Waals surface area contributed by atoms with Crippen LogP contribution in [0.5, 0.6) is 5.75 Å². The molecule has 4 rings (SSSR count). The van der Waals surface area contributed by atoms with Gasteiger partial charge in [-0.15, -0.1) is 0 Å². The van der Waals surface area contributed by atoms with Gasteiger partial charge in [0.2, 0.25) is 10.0 Å². The first-order chi connectivity index (χ1) is 16.2. The van der Waals surface area contributed by atoms with E-state index in [0.29, 0.717) is 23.0 Å². The molecule has 11 nitrogen and oxygen atoms in total. The van der Waals surface area contributed by atoms with Crippen molar-refractivity contribution >= 4 is 38.9 Å². The van der Waals surface area contributed by atoms with E-state index < -0.39 is 15.9 Å². The summed E-state index contributed by atoms with van der Waals surface area (Å²) >= 11 is 6.05. The number of hydrogen-bond donors (Lipinski definition) is 2. The molecule has 0 fully saturated rings. The van der Waals surface area contributed by atoms with Crippen molar-refractivity contribution in [2.45, 2.75) is 13.5 Å². The zero-order chi connectivity index (χ0) is 24.3. The molecule has 13 heteroatoms. The lowest BCUT2D eigenvalue weighted by atomic mass is 10.2. The predicted octanol–water partition coefficient (Wildman–Crippen LogP) is 3.42. The highest BCUT2D eigenvalue weighted by atomic mass is 35.5. The van der Waals surface area contributed by atoms with Gasteiger partial charge in [0.15, 0.2) is 23.7 Å². The lowest BCUT2D eigenvalue weighted by molar-refractivity contribution is 0.102. The number of nitrogens with one attached hydrogen (secondary N) is 2. The predicted molar refractivity (Wildman–Crippen MR) is 125 cm³/mol. The van der Waals surface area contributed by atoms with E-state index in [9.17, 15) is 13.2 Å². The molecule has 3 aromatic heterocycles. The van der Waals surface area contributed by atoms with Gasteiger partial charge in [0, 0.05) is 23.1 Å². The number of hydrogen-bond acceptors (Lipinski definition) is 8. The summed E-state index contributed by atoms with van der Waals surface area (Å²) in [7, 11) is -3.51. The minimum absolute atomic E-state index is 0.144. The molecule has 0 spiro atoms. The van der Waals surface area contributed by atoms with E-state index in [4.69, 9.17) is 20.8 Å². The van der Waals surface area contributed by atoms with Crippen molar-refractivity contribution in [3.05, 3.63) is 77.4 Å². The van der Waals surface area contributed by atoms with Gasteiger partial charge in [-0.25, -0.2) is 23.1 Å². The number of carbonyl (C=O) groups is 1. The van der Waals surface area contributed by atoms with Gasteiger partial charge < -0.3 is 14.5 Å².